The number of alkyl halides is 3. The van der Waals surface area contributed by atoms with Crippen LogP contribution in [0.25, 0.3) is 11.0 Å². The maximum Gasteiger partial charge on any atom is 0.416 e. The fourth-order valence-corrected chi connectivity index (χ4v) is 5.23. The number of pyridine rings is 1. The van der Waals surface area contributed by atoms with Gasteiger partial charge in [0, 0.05) is 61.3 Å². The molecule has 1 aliphatic rings. The smallest absolute Gasteiger partial charge is 0.380 e. The summed E-state index contributed by atoms with van der Waals surface area (Å²) in [6, 6.07) is 11.3. The molecule has 0 aliphatic carbocycles. The second kappa shape index (κ2) is 12.1. The SMILES string of the molecule is CC(=O)c1cc2cc(NCc3cc(NC(=O)c4ccc(CN5CCC(N(C)C)C5)c(C(F)(F)F)c4)ccc3F)cnc2[nH]1. The zero-order valence-electron chi connectivity index (χ0n) is 24.0. The number of aromatic nitrogens is 2. The predicted molar refractivity (Wildman–Crippen MR) is 157 cm³/mol. The van der Waals surface area contributed by atoms with E-state index in [9.17, 15) is 27.2 Å². The van der Waals surface area contributed by atoms with E-state index in [2.05, 4.69) is 25.5 Å². The first-order chi connectivity index (χ1) is 20.4. The van der Waals surface area contributed by atoms with Gasteiger partial charge < -0.3 is 20.5 Å². The van der Waals surface area contributed by atoms with Crippen molar-refractivity contribution in [2.45, 2.75) is 38.7 Å². The molecule has 0 spiro atoms. The number of nitrogens with zero attached hydrogens (tertiary/aromatic N) is 3. The van der Waals surface area contributed by atoms with Crippen molar-refractivity contribution in [2.75, 3.05) is 37.8 Å². The van der Waals surface area contributed by atoms with Gasteiger partial charge in [0.2, 0.25) is 0 Å². The molecule has 1 aliphatic heterocycles. The molecule has 3 heterocycles. The lowest BCUT2D eigenvalue weighted by Gasteiger charge is -2.22. The summed E-state index contributed by atoms with van der Waals surface area (Å²) in [6.07, 6.45) is -2.21. The molecule has 0 radical (unpaired) electrons. The number of carbonyl (C=O) groups is 2. The monoisotopic (exact) mass is 596 g/mol. The van der Waals surface area contributed by atoms with Crippen molar-refractivity contribution < 1.29 is 27.2 Å². The number of rotatable bonds is 9. The van der Waals surface area contributed by atoms with E-state index in [1.54, 1.807) is 18.3 Å². The molecule has 1 amide bonds. The number of nitrogens with one attached hydrogen (secondary N) is 3. The second-order valence-electron chi connectivity index (χ2n) is 11.0. The average Bonchev–Trinajstić information content (AvgIpc) is 3.60. The summed E-state index contributed by atoms with van der Waals surface area (Å²) in [7, 11) is 3.91. The van der Waals surface area contributed by atoms with E-state index in [0.717, 1.165) is 12.5 Å². The van der Waals surface area contributed by atoms with Gasteiger partial charge in [0.05, 0.1) is 23.1 Å². The molecule has 1 saturated heterocycles. The summed E-state index contributed by atoms with van der Waals surface area (Å²) in [5.74, 6) is -1.39. The van der Waals surface area contributed by atoms with Gasteiger partial charge >= 0.3 is 6.18 Å². The van der Waals surface area contributed by atoms with Crippen LogP contribution in [0.15, 0.2) is 54.7 Å². The Kier molecular flexibility index (Phi) is 8.52. The molecule has 1 atom stereocenters. The normalized spacial score (nSPS) is 15.8. The third-order valence-electron chi connectivity index (χ3n) is 7.69. The van der Waals surface area contributed by atoms with Gasteiger partial charge in [-0.1, -0.05) is 6.07 Å². The summed E-state index contributed by atoms with van der Waals surface area (Å²) in [6.45, 7) is 3.00. The van der Waals surface area contributed by atoms with Crippen molar-refractivity contribution in [3.05, 3.63) is 88.5 Å². The van der Waals surface area contributed by atoms with Crippen LogP contribution >= 0.6 is 0 Å². The van der Waals surface area contributed by atoms with Crippen molar-refractivity contribution in [3.8, 4) is 0 Å². The number of aromatic amines is 1. The summed E-state index contributed by atoms with van der Waals surface area (Å²) in [5.41, 5.74) is 1.13. The molecule has 2 aromatic carbocycles. The first-order valence-corrected chi connectivity index (χ1v) is 13.8. The minimum Gasteiger partial charge on any atom is -0.380 e. The zero-order chi connectivity index (χ0) is 30.9. The van der Waals surface area contributed by atoms with Gasteiger partial charge in [-0.3, -0.25) is 14.5 Å². The molecule has 5 rings (SSSR count). The van der Waals surface area contributed by atoms with Gasteiger partial charge in [-0.2, -0.15) is 13.2 Å². The second-order valence-corrected chi connectivity index (χ2v) is 11.0. The Morgan fingerprint density at radius 2 is 1.86 bits per heavy atom. The van der Waals surface area contributed by atoms with Gasteiger partial charge in [0.15, 0.2) is 5.78 Å². The maximum absolute atomic E-state index is 14.6. The van der Waals surface area contributed by atoms with Crippen molar-refractivity contribution in [1.29, 1.82) is 0 Å². The highest BCUT2D eigenvalue weighted by atomic mass is 19.4. The maximum atomic E-state index is 14.6. The molecule has 1 fully saturated rings. The number of likely N-dealkylation sites (tertiary alicyclic amines) is 1. The first kappa shape index (κ1) is 30.2. The molecule has 0 bridgehead atoms. The number of carbonyl (C=O) groups excluding carboxylic acids is 2. The van der Waals surface area contributed by atoms with E-state index >= 15 is 0 Å². The van der Waals surface area contributed by atoms with Gasteiger partial charge in [0.1, 0.15) is 11.5 Å². The van der Waals surface area contributed by atoms with Crippen LogP contribution in [0, 0.1) is 5.82 Å². The number of fused-ring (bicyclic) bond motifs is 1. The van der Waals surface area contributed by atoms with Gasteiger partial charge in [-0.05, 0) is 68.5 Å². The van der Waals surface area contributed by atoms with Gasteiger partial charge in [0.25, 0.3) is 5.91 Å². The minimum absolute atomic E-state index is 0.0464. The molecular formula is C31H32F4N6O2. The topological polar surface area (TPSA) is 93.4 Å². The lowest BCUT2D eigenvalue weighted by molar-refractivity contribution is -0.138. The van der Waals surface area contributed by atoms with Crippen LogP contribution < -0.4 is 10.6 Å². The highest BCUT2D eigenvalue weighted by Gasteiger charge is 2.35. The number of anilines is 2. The number of halogens is 4. The van der Waals surface area contributed by atoms with Crippen molar-refractivity contribution in [2.24, 2.45) is 0 Å². The Balaban J connectivity index is 1.28. The zero-order valence-corrected chi connectivity index (χ0v) is 24.0. The highest BCUT2D eigenvalue weighted by Crippen LogP contribution is 2.34. The molecule has 226 valence electrons. The summed E-state index contributed by atoms with van der Waals surface area (Å²) in [5, 5.41) is 6.36. The average molecular weight is 597 g/mol. The van der Waals surface area contributed by atoms with Crippen LogP contribution in [0.4, 0.5) is 28.9 Å². The van der Waals surface area contributed by atoms with Crippen LogP contribution in [-0.4, -0.2) is 64.7 Å². The number of hydrogen-bond donors (Lipinski definition) is 3. The molecular weight excluding hydrogens is 564 g/mol. The lowest BCUT2D eigenvalue weighted by atomic mass is 10.0. The molecule has 8 nitrogen and oxygen atoms in total. The number of amides is 1. The Morgan fingerprint density at radius 1 is 1.07 bits per heavy atom. The van der Waals surface area contributed by atoms with Gasteiger partial charge in [-0.25, -0.2) is 9.37 Å². The number of ketones is 1. The Hall–Kier alpha value is -4.29. The van der Waals surface area contributed by atoms with Crippen LogP contribution in [0.1, 0.15) is 50.9 Å². The number of Topliss-reactive ketones (excluding diaryl/α,β-unsaturated/α-hetero) is 1. The largest absolute Gasteiger partial charge is 0.416 e. The molecule has 43 heavy (non-hydrogen) atoms. The summed E-state index contributed by atoms with van der Waals surface area (Å²) in [4.78, 5) is 35.8. The summed E-state index contributed by atoms with van der Waals surface area (Å²) >= 11 is 0. The lowest BCUT2D eigenvalue weighted by Crippen LogP contribution is -2.31. The third-order valence-corrected chi connectivity index (χ3v) is 7.69. The molecule has 3 N–H and O–H groups in total. The molecule has 12 heteroatoms. The minimum atomic E-state index is -4.63. The third kappa shape index (κ3) is 7.03. The molecule has 0 saturated carbocycles. The van der Waals surface area contributed by atoms with E-state index in [-0.39, 0.29) is 47.3 Å². The standard InChI is InChI=1S/C31H32F4N6O2/c1-18(42)28-13-21-10-24(15-37-29(21)39-28)36-14-22-11-23(6-7-27(22)32)38-30(43)19-4-5-20(26(12-19)31(33,34)35)16-41-9-8-25(17-41)40(2)3/h4-7,10-13,15,25,36H,8-9,14,16-17H2,1-3H3,(H,37,39)(H,38,43). The Morgan fingerprint density at radius 3 is 2.56 bits per heavy atom. The fourth-order valence-electron chi connectivity index (χ4n) is 5.23. The fraction of sp³-hybridized carbons (Fsp3) is 0.323. The number of likely N-dealkylation sites (N-methyl/N-ethyl adjacent to an activating group) is 1. The van der Waals surface area contributed by atoms with E-state index in [0.29, 0.717) is 35.5 Å². The number of hydrogen-bond acceptors (Lipinski definition) is 6. The van der Waals surface area contributed by atoms with Crippen LogP contribution in [0.2, 0.25) is 0 Å². The van der Waals surface area contributed by atoms with E-state index in [1.807, 2.05) is 19.0 Å². The van der Waals surface area contributed by atoms with Crippen LogP contribution in [0.5, 0.6) is 0 Å². The quantitative estimate of drug-likeness (QED) is 0.164. The van der Waals surface area contributed by atoms with E-state index < -0.39 is 23.5 Å². The van der Waals surface area contributed by atoms with Crippen LogP contribution in [-0.2, 0) is 19.3 Å². The van der Waals surface area contributed by atoms with Crippen molar-refractivity contribution in [3.63, 3.8) is 0 Å². The molecule has 4 aromatic rings. The predicted octanol–water partition coefficient (Wildman–Crippen LogP) is 5.92. The number of benzene rings is 2. The Bertz CT molecular complexity index is 1670. The first-order valence-electron chi connectivity index (χ1n) is 13.8. The van der Waals surface area contributed by atoms with E-state index in [4.69, 9.17) is 0 Å². The van der Waals surface area contributed by atoms with Crippen molar-refractivity contribution >= 4 is 34.1 Å². The van der Waals surface area contributed by atoms with Crippen molar-refractivity contribution in [1.82, 2.24) is 19.8 Å². The Labute approximate surface area is 246 Å². The summed E-state index contributed by atoms with van der Waals surface area (Å²) < 4.78 is 56.6. The highest BCUT2D eigenvalue weighted by molar-refractivity contribution is 6.04. The molecule has 2 aromatic heterocycles. The van der Waals surface area contributed by atoms with Gasteiger partial charge in [-0.15, -0.1) is 0 Å². The van der Waals surface area contributed by atoms with Crippen LogP contribution in [0.3, 0.4) is 0 Å². The number of H-pyrrole nitrogens is 1. The molecule has 1 unspecified atom stereocenters. The van der Waals surface area contributed by atoms with E-state index in [1.165, 1.54) is 37.3 Å².